The van der Waals surface area contributed by atoms with Crippen molar-refractivity contribution in [2.75, 3.05) is 0 Å². The molecule has 0 aliphatic rings. The van der Waals surface area contributed by atoms with Crippen LogP contribution in [0.5, 0.6) is 0 Å². The standard InChI is InChI=1S/C24H42Si.C17H24/c1-8-9-16-23(20-25(5,6)7)22-17-13-15-21(19-22)14-11-10-12-18-24(2,3)4;1-5-15-11-9-12-16(14-15)10-7-6-8-13-17(2,3)4/h13,15,17,19-20H,8-12,14,16,18H2,1-7H3;1,9,11-12,14H,6-8,10,13H2,2-4H3/b23-20+;. The topological polar surface area (TPSA) is 0 Å². The molecule has 0 aromatic heterocycles. The number of benzene rings is 2. The predicted octanol–water partition coefficient (Wildman–Crippen LogP) is 13.1. The van der Waals surface area contributed by atoms with Crippen LogP contribution in [0.15, 0.2) is 54.2 Å². The highest BCUT2D eigenvalue weighted by Gasteiger charge is 2.13. The van der Waals surface area contributed by atoms with E-state index in [1.54, 1.807) is 5.57 Å². The number of hydrogen-bond acceptors (Lipinski definition) is 0. The van der Waals surface area contributed by atoms with Crippen LogP contribution in [0, 0.1) is 23.2 Å². The lowest BCUT2D eigenvalue weighted by atomic mass is 9.89. The molecular weight excluding hydrogens is 521 g/mol. The van der Waals surface area contributed by atoms with E-state index in [1.807, 2.05) is 6.07 Å². The first-order valence-corrected chi connectivity index (χ1v) is 20.6. The number of hydrogen-bond donors (Lipinski definition) is 0. The zero-order valence-corrected chi connectivity index (χ0v) is 30.5. The molecule has 0 bridgehead atoms. The van der Waals surface area contributed by atoms with Gasteiger partial charge < -0.3 is 0 Å². The SMILES string of the molecule is C#Cc1cccc(CCCCCC(C)(C)C)c1.CCCC/C(=C\[Si](C)(C)C)c1cccc(CCCCCC(C)(C)C)c1. The molecule has 2 rings (SSSR count). The minimum absolute atomic E-state index is 0.476. The Morgan fingerprint density at radius 1 is 0.714 bits per heavy atom. The van der Waals surface area contributed by atoms with Gasteiger partial charge in [-0.05, 0) is 96.6 Å². The predicted molar refractivity (Wildman–Crippen MR) is 195 cm³/mol. The zero-order chi connectivity index (χ0) is 31.7. The van der Waals surface area contributed by atoms with Gasteiger partial charge in [0.25, 0.3) is 0 Å². The lowest BCUT2D eigenvalue weighted by Crippen LogP contribution is -2.16. The Hall–Kier alpha value is -2.04. The Morgan fingerprint density at radius 2 is 1.24 bits per heavy atom. The summed E-state index contributed by atoms with van der Waals surface area (Å²) in [7, 11) is -1.19. The fourth-order valence-electron chi connectivity index (χ4n) is 5.26. The third-order valence-electron chi connectivity index (χ3n) is 7.58. The summed E-state index contributed by atoms with van der Waals surface area (Å²) >= 11 is 0. The second-order valence-electron chi connectivity index (χ2n) is 15.9. The van der Waals surface area contributed by atoms with Crippen molar-refractivity contribution in [3.8, 4) is 12.3 Å². The van der Waals surface area contributed by atoms with Crippen molar-refractivity contribution in [1.82, 2.24) is 0 Å². The number of rotatable bonds is 15. The van der Waals surface area contributed by atoms with Crippen molar-refractivity contribution >= 4 is 13.6 Å². The summed E-state index contributed by atoms with van der Waals surface area (Å²) in [6, 6.07) is 17.7. The van der Waals surface area contributed by atoms with Gasteiger partial charge in [-0.25, -0.2) is 0 Å². The summed E-state index contributed by atoms with van der Waals surface area (Å²) in [5.41, 5.74) is 10.5. The molecule has 0 fully saturated rings. The maximum atomic E-state index is 5.39. The van der Waals surface area contributed by atoms with Gasteiger partial charge in [0, 0.05) is 5.56 Å². The van der Waals surface area contributed by atoms with Crippen molar-refractivity contribution in [2.45, 2.75) is 152 Å². The van der Waals surface area contributed by atoms with Gasteiger partial charge >= 0.3 is 0 Å². The highest BCUT2D eigenvalue weighted by Crippen LogP contribution is 2.26. The maximum absolute atomic E-state index is 5.39. The summed E-state index contributed by atoms with van der Waals surface area (Å²) < 4.78 is 0. The van der Waals surface area contributed by atoms with Gasteiger partial charge in [-0.2, -0.15) is 0 Å². The van der Waals surface area contributed by atoms with E-state index in [9.17, 15) is 0 Å². The average molecular weight is 587 g/mol. The van der Waals surface area contributed by atoms with E-state index >= 15 is 0 Å². The average Bonchev–Trinajstić information content (AvgIpc) is 2.89. The molecule has 0 spiro atoms. The lowest BCUT2D eigenvalue weighted by Gasteiger charge is -2.17. The van der Waals surface area contributed by atoms with Gasteiger partial charge in [-0.3, -0.25) is 0 Å². The van der Waals surface area contributed by atoms with Crippen molar-refractivity contribution in [1.29, 1.82) is 0 Å². The highest BCUT2D eigenvalue weighted by molar-refractivity contribution is 6.81. The molecule has 0 unspecified atom stereocenters. The van der Waals surface area contributed by atoms with Crippen LogP contribution in [0.3, 0.4) is 0 Å². The van der Waals surface area contributed by atoms with Crippen molar-refractivity contribution in [3.63, 3.8) is 0 Å². The second kappa shape index (κ2) is 19.3. The Labute approximate surface area is 264 Å². The molecule has 0 amide bonds. The van der Waals surface area contributed by atoms with Crippen molar-refractivity contribution in [3.05, 3.63) is 76.5 Å². The van der Waals surface area contributed by atoms with Gasteiger partial charge in [0.15, 0.2) is 0 Å². The van der Waals surface area contributed by atoms with Gasteiger partial charge in [0.2, 0.25) is 0 Å². The van der Waals surface area contributed by atoms with Crippen LogP contribution in [0.25, 0.3) is 5.57 Å². The molecule has 0 radical (unpaired) electrons. The maximum Gasteiger partial charge on any atom is 0.0690 e. The van der Waals surface area contributed by atoms with E-state index in [-0.39, 0.29) is 0 Å². The third kappa shape index (κ3) is 20.0. The normalized spacial score (nSPS) is 12.5. The summed E-state index contributed by atoms with van der Waals surface area (Å²) in [5, 5.41) is 0. The lowest BCUT2D eigenvalue weighted by molar-refractivity contribution is 0.358. The Bertz CT molecular complexity index is 1080. The molecule has 42 heavy (non-hydrogen) atoms. The molecule has 0 saturated carbocycles. The molecular formula is C41H66Si. The monoisotopic (exact) mass is 586 g/mol. The van der Waals surface area contributed by atoms with Crippen LogP contribution >= 0.6 is 0 Å². The number of aryl methyl sites for hydroxylation is 2. The largest absolute Gasteiger partial charge is 0.115 e. The minimum atomic E-state index is -1.19. The van der Waals surface area contributed by atoms with Gasteiger partial charge in [0.1, 0.15) is 0 Å². The van der Waals surface area contributed by atoms with Crippen molar-refractivity contribution in [2.24, 2.45) is 10.8 Å². The Morgan fingerprint density at radius 3 is 1.71 bits per heavy atom. The van der Waals surface area contributed by atoms with E-state index in [1.165, 1.54) is 93.7 Å². The number of allylic oxidation sites excluding steroid dienone is 1. The molecule has 0 atom stereocenters. The van der Waals surface area contributed by atoms with Crippen LogP contribution in [0.1, 0.15) is 141 Å². The van der Waals surface area contributed by atoms with Crippen molar-refractivity contribution < 1.29 is 0 Å². The van der Waals surface area contributed by atoms with E-state index < -0.39 is 8.07 Å². The summed E-state index contributed by atoms with van der Waals surface area (Å²) in [6.45, 7) is 23.6. The van der Waals surface area contributed by atoms with Gasteiger partial charge in [-0.1, -0.05) is 148 Å². The van der Waals surface area contributed by atoms with Crippen LogP contribution in [-0.4, -0.2) is 8.07 Å². The van der Waals surface area contributed by atoms with Crippen LogP contribution in [-0.2, 0) is 12.8 Å². The minimum Gasteiger partial charge on any atom is -0.115 e. The van der Waals surface area contributed by atoms with E-state index in [2.05, 4.69) is 122 Å². The molecule has 0 heterocycles. The first kappa shape index (κ1) is 38.0. The Kier molecular flexibility index (Phi) is 17.4. The summed E-state index contributed by atoms with van der Waals surface area (Å²) in [4.78, 5) is 0. The smallest absolute Gasteiger partial charge is 0.0690 e. The molecule has 2 aromatic rings. The van der Waals surface area contributed by atoms with Gasteiger partial charge in [0.05, 0.1) is 8.07 Å². The van der Waals surface area contributed by atoms with Crippen LogP contribution in [0.4, 0.5) is 0 Å². The first-order valence-electron chi connectivity index (χ1n) is 17.0. The molecule has 0 N–H and O–H groups in total. The zero-order valence-electron chi connectivity index (χ0n) is 29.5. The molecule has 1 heteroatoms. The van der Waals surface area contributed by atoms with Gasteiger partial charge in [-0.15, -0.1) is 6.42 Å². The summed E-state index contributed by atoms with van der Waals surface area (Å²) in [6.07, 6.45) is 22.2. The van der Waals surface area contributed by atoms with Crippen LogP contribution < -0.4 is 0 Å². The second-order valence-corrected chi connectivity index (χ2v) is 20.9. The van der Waals surface area contributed by atoms with E-state index in [4.69, 9.17) is 6.42 Å². The number of unbranched alkanes of at least 4 members (excludes halogenated alkanes) is 5. The molecule has 0 saturated heterocycles. The van der Waals surface area contributed by atoms with E-state index in [0.717, 1.165) is 12.0 Å². The van der Waals surface area contributed by atoms with E-state index in [0.29, 0.717) is 10.8 Å². The molecule has 0 aliphatic heterocycles. The molecule has 2 aromatic carbocycles. The molecule has 0 nitrogen and oxygen atoms in total. The fraction of sp³-hybridized carbons (Fsp3) is 0.610. The molecule has 0 aliphatic carbocycles. The quantitative estimate of drug-likeness (QED) is 0.111. The van der Waals surface area contributed by atoms with Crippen LogP contribution in [0.2, 0.25) is 19.6 Å². The first-order chi connectivity index (χ1) is 19.6. The number of terminal acetylenes is 1. The molecule has 234 valence electrons. The fourth-order valence-corrected chi connectivity index (χ4v) is 6.61. The Balaban J connectivity index is 0.000000452. The highest BCUT2D eigenvalue weighted by atomic mass is 28.3. The summed E-state index contributed by atoms with van der Waals surface area (Å²) in [5.74, 6) is 2.69. The third-order valence-corrected chi connectivity index (χ3v) is 8.80.